The number of ether oxygens (including phenoxy) is 2. The highest BCUT2D eigenvalue weighted by atomic mass is 16.5. The van der Waals surface area contributed by atoms with E-state index in [9.17, 15) is 14.4 Å². The van der Waals surface area contributed by atoms with Crippen molar-refractivity contribution in [1.82, 2.24) is 23.1 Å². The summed E-state index contributed by atoms with van der Waals surface area (Å²) in [7, 11) is 3.19. The molecule has 3 aromatic heterocycles. The van der Waals surface area contributed by atoms with Gasteiger partial charge in [0.2, 0.25) is 5.78 Å². The summed E-state index contributed by atoms with van der Waals surface area (Å²) in [6, 6.07) is 0. The summed E-state index contributed by atoms with van der Waals surface area (Å²) in [4.78, 5) is 42.1. The number of fused-ring (bicyclic) bond motifs is 3. The van der Waals surface area contributed by atoms with Crippen LogP contribution in [0.4, 0.5) is 0 Å². The van der Waals surface area contributed by atoms with Gasteiger partial charge in [-0.1, -0.05) is 0 Å². The number of carbonyl (C=O) groups is 1. The van der Waals surface area contributed by atoms with Crippen molar-refractivity contribution < 1.29 is 14.3 Å². The number of imidazole rings is 2. The molecule has 0 radical (unpaired) electrons. The molecule has 28 heavy (non-hydrogen) atoms. The van der Waals surface area contributed by atoms with Crippen molar-refractivity contribution in [2.75, 3.05) is 20.3 Å². The minimum Gasteiger partial charge on any atom is -0.466 e. The van der Waals surface area contributed by atoms with Gasteiger partial charge in [0, 0.05) is 38.6 Å². The Morgan fingerprint density at radius 3 is 2.46 bits per heavy atom. The van der Waals surface area contributed by atoms with E-state index in [4.69, 9.17) is 9.47 Å². The van der Waals surface area contributed by atoms with Crippen molar-refractivity contribution in [3.8, 4) is 0 Å². The summed E-state index contributed by atoms with van der Waals surface area (Å²) in [5, 5.41) is 0. The van der Waals surface area contributed by atoms with Crippen LogP contribution in [0, 0.1) is 13.8 Å². The molecule has 152 valence electrons. The van der Waals surface area contributed by atoms with Gasteiger partial charge in [0.1, 0.15) is 0 Å². The molecule has 0 unspecified atom stereocenters. The van der Waals surface area contributed by atoms with Crippen molar-refractivity contribution in [2.24, 2.45) is 7.05 Å². The van der Waals surface area contributed by atoms with Crippen LogP contribution in [-0.2, 0) is 34.4 Å². The lowest BCUT2D eigenvalue weighted by atomic mass is 10.3. The molecule has 3 aromatic rings. The molecule has 0 aliphatic heterocycles. The number of hydrogen-bond acceptors (Lipinski definition) is 6. The smallest absolute Gasteiger partial charge is 0.332 e. The Bertz CT molecular complexity index is 1160. The van der Waals surface area contributed by atoms with Gasteiger partial charge in [-0.15, -0.1) is 0 Å². The number of aromatic nitrogens is 5. The third-order valence-corrected chi connectivity index (χ3v) is 4.99. The Hall–Kier alpha value is -2.88. The molecule has 3 heterocycles. The maximum absolute atomic E-state index is 13.1. The molecule has 0 saturated carbocycles. The van der Waals surface area contributed by atoms with Gasteiger partial charge in [-0.2, -0.15) is 4.98 Å². The van der Waals surface area contributed by atoms with E-state index in [-0.39, 0.29) is 19.6 Å². The third-order valence-electron chi connectivity index (χ3n) is 4.99. The van der Waals surface area contributed by atoms with Gasteiger partial charge in [0.15, 0.2) is 11.2 Å². The molecule has 0 spiro atoms. The SMILES string of the molecule is CCOC(=O)CCn1c(=O)c2c(nc3n(CCOC)c(C)c(C)n23)n(C)c1=O. The van der Waals surface area contributed by atoms with Crippen LogP contribution in [0.2, 0.25) is 0 Å². The highest BCUT2D eigenvalue weighted by Crippen LogP contribution is 2.20. The van der Waals surface area contributed by atoms with E-state index in [1.54, 1.807) is 25.5 Å². The number of aryl methyl sites for hydroxylation is 2. The van der Waals surface area contributed by atoms with Gasteiger partial charge in [0.25, 0.3) is 5.56 Å². The van der Waals surface area contributed by atoms with Crippen LogP contribution in [0.15, 0.2) is 9.59 Å². The van der Waals surface area contributed by atoms with E-state index in [2.05, 4.69) is 4.98 Å². The van der Waals surface area contributed by atoms with Crippen LogP contribution in [0.25, 0.3) is 16.9 Å². The Balaban J connectivity index is 2.24. The quantitative estimate of drug-likeness (QED) is 0.539. The Labute approximate surface area is 160 Å². The second kappa shape index (κ2) is 7.63. The van der Waals surface area contributed by atoms with E-state index in [1.807, 2.05) is 18.4 Å². The number of rotatable bonds is 7. The van der Waals surface area contributed by atoms with Gasteiger partial charge in [0.05, 0.1) is 19.6 Å². The molecule has 10 nitrogen and oxygen atoms in total. The van der Waals surface area contributed by atoms with Crippen molar-refractivity contribution in [2.45, 2.75) is 40.3 Å². The zero-order valence-electron chi connectivity index (χ0n) is 16.8. The summed E-state index contributed by atoms with van der Waals surface area (Å²) < 4.78 is 16.2. The number of nitrogens with zero attached hydrogens (tertiary/aromatic N) is 5. The van der Waals surface area contributed by atoms with Crippen molar-refractivity contribution in [1.29, 1.82) is 0 Å². The molecule has 0 fully saturated rings. The number of carbonyl (C=O) groups excluding carboxylic acids is 1. The summed E-state index contributed by atoms with van der Waals surface area (Å²) in [5.74, 6) is 0.130. The van der Waals surface area contributed by atoms with Gasteiger partial charge in [-0.05, 0) is 20.8 Å². The van der Waals surface area contributed by atoms with Crippen molar-refractivity contribution in [3.63, 3.8) is 0 Å². The normalized spacial score (nSPS) is 11.6. The van der Waals surface area contributed by atoms with Crippen molar-refractivity contribution >= 4 is 22.9 Å². The molecule has 3 rings (SSSR count). The second-order valence-corrected chi connectivity index (χ2v) is 6.59. The highest BCUT2D eigenvalue weighted by molar-refractivity contribution is 5.76. The largest absolute Gasteiger partial charge is 0.466 e. The first kappa shape index (κ1) is 19.9. The Morgan fingerprint density at radius 1 is 1.11 bits per heavy atom. The lowest BCUT2D eigenvalue weighted by molar-refractivity contribution is -0.143. The molecule has 0 aliphatic rings. The maximum Gasteiger partial charge on any atom is 0.332 e. The first-order valence-corrected chi connectivity index (χ1v) is 9.15. The molecular weight excluding hydrogens is 366 g/mol. The van der Waals surface area contributed by atoms with E-state index >= 15 is 0 Å². The fourth-order valence-electron chi connectivity index (χ4n) is 3.40. The molecule has 0 aromatic carbocycles. The molecule has 10 heteroatoms. The molecular formula is C18H25N5O5. The summed E-state index contributed by atoms with van der Waals surface area (Å²) in [6.07, 6.45) is -0.0523. The molecule has 0 atom stereocenters. The highest BCUT2D eigenvalue weighted by Gasteiger charge is 2.22. The first-order valence-electron chi connectivity index (χ1n) is 9.15. The molecule has 0 N–H and O–H groups in total. The minimum atomic E-state index is -0.514. The first-order chi connectivity index (χ1) is 13.3. The second-order valence-electron chi connectivity index (χ2n) is 6.59. The lowest BCUT2D eigenvalue weighted by Gasteiger charge is -2.08. The predicted octanol–water partition coefficient (Wildman–Crippen LogP) is 0.366. The van der Waals surface area contributed by atoms with Gasteiger partial charge in [-0.3, -0.25) is 23.1 Å². The summed E-state index contributed by atoms with van der Waals surface area (Å²) >= 11 is 0. The molecule has 0 saturated heterocycles. The number of hydrogen-bond donors (Lipinski definition) is 0. The van der Waals surface area contributed by atoms with Crippen LogP contribution in [0.3, 0.4) is 0 Å². The minimum absolute atomic E-state index is 0.0457. The summed E-state index contributed by atoms with van der Waals surface area (Å²) in [5.41, 5.74) is 1.47. The standard InChI is InChI=1S/C18H25N5O5/c1-6-28-13(24)7-8-22-16(25)14-15(20(4)18(22)26)19-17-21(9-10-27-5)11(2)12(3)23(14)17/h6-10H2,1-5H3. The van der Waals surface area contributed by atoms with E-state index in [0.717, 1.165) is 16.0 Å². The Morgan fingerprint density at radius 2 is 1.82 bits per heavy atom. The average Bonchev–Trinajstić information content (AvgIpc) is 3.15. The number of methoxy groups -OCH3 is 1. The fraction of sp³-hybridized carbons (Fsp3) is 0.556. The van der Waals surface area contributed by atoms with E-state index in [0.29, 0.717) is 30.1 Å². The monoisotopic (exact) mass is 391 g/mol. The topological polar surface area (TPSA) is 102 Å². The van der Waals surface area contributed by atoms with Gasteiger partial charge in [-0.25, -0.2) is 4.79 Å². The van der Waals surface area contributed by atoms with Crippen LogP contribution < -0.4 is 11.2 Å². The zero-order valence-corrected chi connectivity index (χ0v) is 16.8. The Kier molecular flexibility index (Phi) is 5.41. The van der Waals surface area contributed by atoms with Crippen LogP contribution in [0.5, 0.6) is 0 Å². The van der Waals surface area contributed by atoms with Crippen LogP contribution in [0.1, 0.15) is 24.7 Å². The van der Waals surface area contributed by atoms with E-state index in [1.165, 1.54) is 4.57 Å². The molecule has 0 amide bonds. The molecule has 0 bridgehead atoms. The average molecular weight is 391 g/mol. The van der Waals surface area contributed by atoms with Crippen LogP contribution >= 0.6 is 0 Å². The lowest BCUT2D eigenvalue weighted by Crippen LogP contribution is -2.40. The fourth-order valence-corrected chi connectivity index (χ4v) is 3.40. The number of esters is 1. The third kappa shape index (κ3) is 3.03. The summed E-state index contributed by atoms with van der Waals surface area (Å²) in [6.45, 7) is 6.84. The van der Waals surface area contributed by atoms with E-state index < -0.39 is 17.2 Å². The van der Waals surface area contributed by atoms with Crippen molar-refractivity contribution in [3.05, 3.63) is 32.2 Å². The molecule has 0 aliphatic carbocycles. The predicted molar refractivity (Wildman–Crippen MR) is 103 cm³/mol. The zero-order chi connectivity index (χ0) is 20.6. The van der Waals surface area contributed by atoms with Gasteiger partial charge < -0.3 is 14.0 Å². The maximum atomic E-state index is 13.1. The van der Waals surface area contributed by atoms with Crippen LogP contribution in [-0.4, -0.2) is 49.4 Å². The van der Waals surface area contributed by atoms with Gasteiger partial charge >= 0.3 is 11.7 Å².